The molecular formula is C20H20F2N4O. The molecule has 2 aliphatic rings. The summed E-state index contributed by atoms with van der Waals surface area (Å²) in [6, 6.07) is 12.8. The van der Waals surface area contributed by atoms with Crippen molar-refractivity contribution < 1.29 is 13.6 Å². The van der Waals surface area contributed by atoms with E-state index in [0.29, 0.717) is 25.1 Å². The first-order valence-electron chi connectivity index (χ1n) is 8.87. The first kappa shape index (κ1) is 17.5. The summed E-state index contributed by atoms with van der Waals surface area (Å²) in [5.41, 5.74) is 1.51. The van der Waals surface area contributed by atoms with Crippen LogP contribution in [-0.4, -0.2) is 48.3 Å². The Hall–Kier alpha value is -2.96. The Morgan fingerprint density at radius 2 is 1.78 bits per heavy atom. The molecule has 5 nitrogen and oxygen atoms in total. The number of anilines is 1. The van der Waals surface area contributed by atoms with Crippen LogP contribution in [0.4, 0.5) is 19.3 Å². The molecule has 0 radical (unpaired) electrons. The van der Waals surface area contributed by atoms with Crippen LogP contribution >= 0.6 is 0 Å². The van der Waals surface area contributed by atoms with Gasteiger partial charge in [-0.2, -0.15) is 5.10 Å². The number of carbonyl (C=O) groups excluding carboxylic acids is 1. The minimum Gasteiger partial charge on any atom is -0.368 e. The van der Waals surface area contributed by atoms with E-state index in [1.165, 1.54) is 17.1 Å². The van der Waals surface area contributed by atoms with E-state index >= 15 is 0 Å². The van der Waals surface area contributed by atoms with E-state index in [9.17, 15) is 13.6 Å². The molecule has 2 aromatic carbocycles. The summed E-state index contributed by atoms with van der Waals surface area (Å²) in [7, 11) is 2.01. The second-order valence-corrected chi connectivity index (χ2v) is 6.88. The van der Waals surface area contributed by atoms with Gasteiger partial charge in [-0.25, -0.2) is 18.6 Å². The number of para-hydroxylation sites is 1. The minimum absolute atomic E-state index is 0.230. The molecule has 2 aromatic rings. The average Bonchev–Trinajstić information content (AvgIpc) is 3.10. The molecule has 1 fully saturated rings. The molecule has 2 heterocycles. The van der Waals surface area contributed by atoms with Crippen molar-refractivity contribution in [2.45, 2.75) is 18.5 Å². The number of hydrazone groups is 1. The van der Waals surface area contributed by atoms with Gasteiger partial charge in [-0.15, -0.1) is 0 Å². The summed E-state index contributed by atoms with van der Waals surface area (Å²) in [6.45, 7) is 1.17. The van der Waals surface area contributed by atoms with Crippen molar-refractivity contribution in [3.05, 3.63) is 65.7 Å². The van der Waals surface area contributed by atoms with Gasteiger partial charge >= 0.3 is 6.03 Å². The van der Waals surface area contributed by atoms with Gasteiger partial charge in [0.1, 0.15) is 11.6 Å². The zero-order valence-corrected chi connectivity index (χ0v) is 14.9. The lowest BCUT2D eigenvalue weighted by Gasteiger charge is -2.46. The number of benzene rings is 2. The van der Waals surface area contributed by atoms with Crippen LogP contribution in [0.2, 0.25) is 0 Å². The molecule has 1 atom stereocenters. The SMILES string of the molecule is CN(c1ccccc1)C1CN(C(=O)N2N=CCC2c2cc(F)cc(F)c2)C1. The van der Waals surface area contributed by atoms with E-state index in [4.69, 9.17) is 0 Å². The van der Waals surface area contributed by atoms with Crippen molar-refractivity contribution in [1.82, 2.24) is 9.91 Å². The highest BCUT2D eigenvalue weighted by Gasteiger charge is 2.39. The van der Waals surface area contributed by atoms with Crippen LogP contribution in [0.3, 0.4) is 0 Å². The second-order valence-electron chi connectivity index (χ2n) is 6.88. The topological polar surface area (TPSA) is 39.1 Å². The molecule has 1 saturated heterocycles. The largest absolute Gasteiger partial charge is 0.368 e. The summed E-state index contributed by atoms with van der Waals surface area (Å²) in [6.07, 6.45) is 2.05. The molecule has 0 aromatic heterocycles. The third kappa shape index (κ3) is 3.37. The number of carbonyl (C=O) groups is 1. The smallest absolute Gasteiger partial charge is 0.341 e. The number of likely N-dealkylation sites (N-methyl/N-ethyl adjacent to an activating group) is 1. The fourth-order valence-corrected chi connectivity index (χ4v) is 3.52. The quantitative estimate of drug-likeness (QED) is 0.828. The Balaban J connectivity index is 1.42. The molecule has 27 heavy (non-hydrogen) atoms. The molecule has 0 N–H and O–H groups in total. The highest BCUT2D eigenvalue weighted by molar-refractivity contribution is 5.79. The number of likely N-dealkylation sites (tertiary alicyclic amines) is 1. The van der Waals surface area contributed by atoms with Crippen LogP contribution in [0.1, 0.15) is 18.0 Å². The van der Waals surface area contributed by atoms with E-state index in [1.54, 1.807) is 11.1 Å². The molecular weight excluding hydrogens is 350 g/mol. The Morgan fingerprint density at radius 1 is 1.11 bits per heavy atom. The van der Waals surface area contributed by atoms with Gasteiger partial charge in [-0.3, -0.25) is 0 Å². The fourth-order valence-electron chi connectivity index (χ4n) is 3.52. The van der Waals surface area contributed by atoms with Gasteiger partial charge in [0.25, 0.3) is 0 Å². The summed E-state index contributed by atoms with van der Waals surface area (Å²) >= 11 is 0. The predicted molar refractivity (Wildman–Crippen MR) is 99.6 cm³/mol. The Kier molecular flexibility index (Phi) is 4.51. The monoisotopic (exact) mass is 370 g/mol. The van der Waals surface area contributed by atoms with Crippen LogP contribution in [0.15, 0.2) is 53.6 Å². The number of nitrogens with zero attached hydrogens (tertiary/aromatic N) is 4. The molecule has 1 unspecified atom stereocenters. The zero-order chi connectivity index (χ0) is 19.0. The maximum Gasteiger partial charge on any atom is 0.341 e. The van der Waals surface area contributed by atoms with Gasteiger partial charge in [0, 0.05) is 44.5 Å². The maximum atomic E-state index is 13.5. The van der Waals surface area contributed by atoms with Gasteiger partial charge in [0.15, 0.2) is 0 Å². The lowest BCUT2D eigenvalue weighted by molar-refractivity contribution is 0.105. The molecule has 0 aliphatic carbocycles. The molecule has 4 rings (SSSR count). The highest BCUT2D eigenvalue weighted by atomic mass is 19.1. The van der Waals surface area contributed by atoms with E-state index in [1.807, 2.05) is 37.4 Å². The van der Waals surface area contributed by atoms with Crippen molar-refractivity contribution in [1.29, 1.82) is 0 Å². The van der Waals surface area contributed by atoms with Crippen LogP contribution in [0, 0.1) is 11.6 Å². The predicted octanol–water partition coefficient (Wildman–Crippen LogP) is 3.64. The van der Waals surface area contributed by atoms with Crippen molar-refractivity contribution in [3.63, 3.8) is 0 Å². The van der Waals surface area contributed by atoms with Gasteiger partial charge < -0.3 is 9.80 Å². The van der Waals surface area contributed by atoms with Gasteiger partial charge in [-0.1, -0.05) is 18.2 Å². The van der Waals surface area contributed by atoms with E-state index in [0.717, 1.165) is 11.8 Å². The van der Waals surface area contributed by atoms with Crippen molar-refractivity contribution in [3.8, 4) is 0 Å². The standard InChI is InChI=1S/C20H20F2N4O/c1-24(17-5-3-2-4-6-17)18-12-25(13-18)20(27)26-19(7-8-23-26)14-9-15(21)11-16(22)10-14/h2-6,8-11,18-19H,7,12-13H2,1H3. The van der Waals surface area contributed by atoms with E-state index in [2.05, 4.69) is 10.0 Å². The van der Waals surface area contributed by atoms with E-state index in [-0.39, 0.29) is 12.1 Å². The van der Waals surface area contributed by atoms with Crippen molar-refractivity contribution in [2.24, 2.45) is 5.10 Å². The average molecular weight is 370 g/mol. The molecule has 0 bridgehead atoms. The highest BCUT2D eigenvalue weighted by Crippen LogP contribution is 2.32. The number of hydrogen-bond acceptors (Lipinski definition) is 3. The third-order valence-electron chi connectivity index (χ3n) is 5.14. The van der Waals surface area contributed by atoms with Gasteiger partial charge in [0.05, 0.1) is 12.1 Å². The third-order valence-corrected chi connectivity index (χ3v) is 5.14. The van der Waals surface area contributed by atoms with Crippen LogP contribution < -0.4 is 4.90 Å². The summed E-state index contributed by atoms with van der Waals surface area (Å²) in [4.78, 5) is 16.7. The van der Waals surface area contributed by atoms with Crippen LogP contribution in [-0.2, 0) is 0 Å². The molecule has 140 valence electrons. The summed E-state index contributed by atoms with van der Waals surface area (Å²) < 4.78 is 27.1. The van der Waals surface area contributed by atoms with Crippen molar-refractivity contribution in [2.75, 3.05) is 25.0 Å². The second kappa shape index (κ2) is 6.98. The summed E-state index contributed by atoms with van der Waals surface area (Å²) in [5, 5.41) is 5.47. The molecule has 7 heteroatoms. The number of amides is 2. The first-order chi connectivity index (χ1) is 13.0. The Bertz CT molecular complexity index is 847. The first-order valence-corrected chi connectivity index (χ1v) is 8.87. The number of urea groups is 1. The molecule has 2 amide bonds. The Labute approximate surface area is 156 Å². The number of rotatable bonds is 3. The molecule has 0 saturated carbocycles. The molecule has 2 aliphatic heterocycles. The van der Waals surface area contributed by atoms with Crippen molar-refractivity contribution >= 4 is 17.9 Å². The number of halogens is 2. The van der Waals surface area contributed by atoms with E-state index < -0.39 is 17.7 Å². The molecule has 0 spiro atoms. The lowest BCUT2D eigenvalue weighted by atomic mass is 10.0. The van der Waals surface area contributed by atoms with Gasteiger partial charge in [0.2, 0.25) is 0 Å². The van der Waals surface area contributed by atoms with Crippen LogP contribution in [0.25, 0.3) is 0 Å². The minimum atomic E-state index is -0.655. The maximum absolute atomic E-state index is 13.5. The normalized spacial score (nSPS) is 19.3. The van der Waals surface area contributed by atoms with Crippen LogP contribution in [0.5, 0.6) is 0 Å². The lowest BCUT2D eigenvalue weighted by Crippen LogP contribution is -2.62. The van der Waals surface area contributed by atoms with Gasteiger partial charge in [-0.05, 0) is 29.8 Å². The Morgan fingerprint density at radius 3 is 2.44 bits per heavy atom. The number of hydrogen-bond donors (Lipinski definition) is 0. The summed E-state index contributed by atoms with van der Waals surface area (Å²) in [5.74, 6) is -1.31. The fraction of sp³-hybridized carbons (Fsp3) is 0.300. The zero-order valence-electron chi connectivity index (χ0n) is 14.9.